The van der Waals surface area contributed by atoms with Gasteiger partial charge in [0.25, 0.3) is 0 Å². The van der Waals surface area contributed by atoms with Crippen LogP contribution in [0.3, 0.4) is 0 Å². The van der Waals surface area contributed by atoms with Gasteiger partial charge in [0.05, 0.1) is 12.1 Å². The number of amides is 1. The van der Waals surface area contributed by atoms with Crippen LogP contribution in [-0.4, -0.2) is 47.6 Å². The van der Waals surface area contributed by atoms with Gasteiger partial charge < -0.3 is 19.4 Å². The summed E-state index contributed by atoms with van der Waals surface area (Å²) in [6, 6.07) is 5.88. The Morgan fingerprint density at radius 3 is 2.33 bits per heavy atom. The van der Waals surface area contributed by atoms with Gasteiger partial charge in [-0.05, 0) is 51.3 Å². The maximum absolute atomic E-state index is 12.1. The largest absolute Gasteiger partial charge is 0.526 e. The van der Waals surface area contributed by atoms with E-state index in [2.05, 4.69) is 5.43 Å². The van der Waals surface area contributed by atoms with E-state index in [-0.39, 0.29) is 4.70 Å². The van der Waals surface area contributed by atoms with Gasteiger partial charge in [0.2, 0.25) is 0 Å². The van der Waals surface area contributed by atoms with Crippen molar-refractivity contribution < 1.29 is 24.1 Å². The third-order valence-corrected chi connectivity index (χ3v) is 5.18. The second-order valence-electron chi connectivity index (χ2n) is 8.35. The highest BCUT2D eigenvalue weighted by Gasteiger charge is 2.43. The summed E-state index contributed by atoms with van der Waals surface area (Å²) in [5.41, 5.74) is 4.00. The van der Waals surface area contributed by atoms with E-state index in [1.165, 1.54) is 5.01 Å². The fourth-order valence-corrected chi connectivity index (χ4v) is 4.08. The fourth-order valence-electron chi connectivity index (χ4n) is 4.08. The van der Waals surface area contributed by atoms with Crippen molar-refractivity contribution in [2.24, 2.45) is 0 Å². The second kappa shape index (κ2) is 7.94. The van der Waals surface area contributed by atoms with Crippen LogP contribution in [0.5, 0.6) is 11.5 Å². The Morgan fingerprint density at radius 1 is 1.11 bits per heavy atom. The number of carboxylic acid groups (broad SMARTS) is 1. The van der Waals surface area contributed by atoms with E-state index in [1.807, 2.05) is 39.0 Å². The highest BCUT2D eigenvalue weighted by atomic mass is 16.6. The molecule has 27 heavy (non-hydrogen) atoms. The van der Waals surface area contributed by atoms with Crippen molar-refractivity contribution in [3.05, 3.63) is 23.8 Å². The molecule has 1 fully saturated rings. The van der Waals surface area contributed by atoms with Crippen molar-refractivity contribution >= 4 is 6.09 Å². The fraction of sp³-hybridized carbons (Fsp3) is 0.650. The molecule has 1 N–H and O–H groups in total. The van der Waals surface area contributed by atoms with Gasteiger partial charge in [-0.15, -0.1) is 10.1 Å². The Labute approximate surface area is 161 Å². The van der Waals surface area contributed by atoms with E-state index in [4.69, 9.17) is 9.47 Å². The van der Waals surface area contributed by atoms with E-state index >= 15 is 0 Å². The van der Waals surface area contributed by atoms with Gasteiger partial charge in [0.1, 0.15) is 26.3 Å². The summed E-state index contributed by atoms with van der Waals surface area (Å²) >= 11 is 0. The van der Waals surface area contributed by atoms with Crippen LogP contribution in [0.2, 0.25) is 0 Å². The minimum absolute atomic E-state index is 0.209. The van der Waals surface area contributed by atoms with E-state index in [9.17, 15) is 9.90 Å². The topological polar surface area (TPSA) is 73.9 Å². The normalized spacial score (nSPS) is 19.2. The van der Waals surface area contributed by atoms with Crippen LogP contribution in [0.4, 0.5) is 4.79 Å². The number of rotatable bonds is 4. The monoisotopic (exact) mass is 377 g/mol. The lowest BCUT2D eigenvalue weighted by atomic mass is 10.1. The first kappa shape index (κ1) is 19.8. The molecule has 7 nitrogen and oxygen atoms in total. The van der Waals surface area contributed by atoms with Crippen LogP contribution >= 0.6 is 0 Å². The molecule has 1 aromatic rings. The Hall–Kier alpha value is -1.99. The first-order valence-corrected chi connectivity index (χ1v) is 9.84. The number of fused-ring (bicyclic) bond motifs is 1. The number of carbonyl (C=O) groups excluding carboxylic acids is 1. The molecular weight excluding hydrogens is 346 g/mol. The molecular formula is C20H31N3O4. The summed E-state index contributed by atoms with van der Waals surface area (Å²) in [5, 5.41) is 13.6. The molecule has 1 aromatic carbocycles. The summed E-state index contributed by atoms with van der Waals surface area (Å²) in [5.74, 6) is 1.50. The molecule has 2 heterocycles. The van der Waals surface area contributed by atoms with Gasteiger partial charge in [-0.25, -0.2) is 0 Å². The maximum Gasteiger partial charge on any atom is 0.191 e. The van der Waals surface area contributed by atoms with Crippen LogP contribution < -0.4 is 20.0 Å². The molecule has 0 saturated carbocycles. The van der Waals surface area contributed by atoms with Gasteiger partial charge in [-0.3, -0.25) is 0 Å². The minimum atomic E-state index is -1.14. The molecule has 2 aliphatic heterocycles. The van der Waals surface area contributed by atoms with Crippen molar-refractivity contribution in [3.8, 4) is 11.5 Å². The predicted octanol–water partition coefficient (Wildman–Crippen LogP) is 2.21. The number of quaternary nitrogens is 1. The quantitative estimate of drug-likeness (QED) is 0.815. The molecule has 2 aliphatic rings. The summed E-state index contributed by atoms with van der Waals surface area (Å²) in [6.45, 7) is 8.86. The van der Waals surface area contributed by atoms with Crippen molar-refractivity contribution in [3.63, 3.8) is 0 Å². The lowest BCUT2D eigenvalue weighted by Gasteiger charge is -2.51. The summed E-state index contributed by atoms with van der Waals surface area (Å²) < 4.78 is 11.5. The molecule has 1 saturated heterocycles. The Balaban J connectivity index is 1.84. The summed E-state index contributed by atoms with van der Waals surface area (Å²) in [6.07, 6.45) is 3.06. The number of hydrogen-bond donors (Lipinski definition) is 1. The van der Waals surface area contributed by atoms with Crippen molar-refractivity contribution in [2.45, 2.75) is 58.5 Å². The summed E-state index contributed by atoms with van der Waals surface area (Å²) in [4.78, 5) is 12.1. The first-order valence-electron chi connectivity index (χ1n) is 9.84. The molecule has 0 bridgehead atoms. The number of ether oxygens (including phenoxy) is 2. The molecule has 0 radical (unpaired) electrons. The number of nitrogens with zero attached hydrogens (tertiary/aromatic N) is 2. The number of nitrogens with one attached hydrogen (secondary N) is 1. The van der Waals surface area contributed by atoms with Crippen molar-refractivity contribution in [1.29, 1.82) is 0 Å². The molecule has 7 heteroatoms. The molecule has 0 spiro atoms. The van der Waals surface area contributed by atoms with E-state index in [0.29, 0.717) is 19.8 Å². The second-order valence-corrected chi connectivity index (χ2v) is 8.35. The molecule has 0 atom stereocenters. The van der Waals surface area contributed by atoms with Crippen molar-refractivity contribution in [1.82, 2.24) is 10.4 Å². The summed E-state index contributed by atoms with van der Waals surface area (Å²) in [7, 11) is 0. The minimum Gasteiger partial charge on any atom is -0.526 e. The average Bonchev–Trinajstić information content (AvgIpc) is 2.84. The third kappa shape index (κ3) is 4.47. The van der Waals surface area contributed by atoms with Crippen LogP contribution in [-0.2, 0) is 6.54 Å². The molecule has 0 unspecified atom stereocenters. The van der Waals surface area contributed by atoms with Gasteiger partial charge in [0.15, 0.2) is 17.6 Å². The lowest BCUT2D eigenvalue weighted by molar-refractivity contribution is -1.07. The zero-order valence-corrected chi connectivity index (χ0v) is 16.6. The molecule has 1 amide bonds. The zero-order valence-electron chi connectivity index (χ0n) is 16.6. The number of carbonyl (C=O) groups is 1. The van der Waals surface area contributed by atoms with Gasteiger partial charge in [-0.1, -0.05) is 6.07 Å². The third-order valence-electron chi connectivity index (χ3n) is 5.18. The maximum atomic E-state index is 12.1. The van der Waals surface area contributed by atoms with Crippen LogP contribution in [0, 0.1) is 0 Å². The van der Waals surface area contributed by atoms with Gasteiger partial charge >= 0.3 is 0 Å². The highest BCUT2D eigenvalue weighted by molar-refractivity contribution is 5.61. The van der Waals surface area contributed by atoms with E-state index in [1.54, 1.807) is 0 Å². The predicted molar refractivity (Wildman–Crippen MR) is 99.7 cm³/mol. The zero-order chi connectivity index (χ0) is 19.5. The number of benzene rings is 1. The Morgan fingerprint density at radius 2 is 1.74 bits per heavy atom. The molecule has 0 aromatic heterocycles. The van der Waals surface area contributed by atoms with Crippen LogP contribution in [0.15, 0.2) is 18.2 Å². The Kier molecular flexibility index (Phi) is 5.81. The first-order chi connectivity index (χ1) is 12.8. The smallest absolute Gasteiger partial charge is 0.191 e. The molecule has 3 rings (SSSR count). The van der Waals surface area contributed by atoms with Crippen molar-refractivity contribution in [2.75, 3.05) is 26.3 Å². The Bertz CT molecular complexity index is 664. The molecule has 150 valence electrons. The van der Waals surface area contributed by atoms with Gasteiger partial charge in [0, 0.05) is 12.8 Å². The SMILES string of the molecule is CC(C)(C)N(C(=O)[O-])[N+]1(NCc2ccc3c(c2)OCCO3)CCCCCC1. The van der Waals surface area contributed by atoms with Crippen LogP contribution in [0.25, 0.3) is 0 Å². The lowest BCUT2D eigenvalue weighted by Crippen LogP contribution is -2.75. The molecule has 0 aliphatic carbocycles. The van der Waals surface area contributed by atoms with Crippen LogP contribution in [0.1, 0.15) is 52.0 Å². The van der Waals surface area contributed by atoms with E-state index in [0.717, 1.165) is 55.8 Å². The van der Waals surface area contributed by atoms with E-state index < -0.39 is 11.6 Å². The van der Waals surface area contributed by atoms with Gasteiger partial charge in [-0.2, -0.15) is 5.01 Å². The average molecular weight is 377 g/mol. The standard InChI is InChI=1S/C20H31N3O4/c1-20(2,3)22(19(24)25)23(10-6-4-5-7-11-23)21-15-16-8-9-17-18(14-16)27-13-12-26-17/h8-9,14,21H,4-7,10-13,15H2,1-3H3. The highest BCUT2D eigenvalue weighted by Crippen LogP contribution is 2.31. The number of hydrogen-bond acceptors (Lipinski definition) is 5.